The van der Waals surface area contributed by atoms with E-state index in [0.29, 0.717) is 5.92 Å². The van der Waals surface area contributed by atoms with Crippen LogP contribution in [0.25, 0.3) is 0 Å². The topological polar surface area (TPSA) is 60.2 Å². The van der Waals surface area contributed by atoms with Crippen molar-refractivity contribution >= 4 is 0 Å². The van der Waals surface area contributed by atoms with Gasteiger partial charge in [-0.15, -0.1) is 0 Å². The predicted octanol–water partition coefficient (Wildman–Crippen LogP) is 1.51. The van der Waals surface area contributed by atoms with Crippen LogP contribution in [0.2, 0.25) is 0 Å². The largest absolute Gasteiger partial charge is 0.377 e. The van der Waals surface area contributed by atoms with Gasteiger partial charge in [0.05, 0.1) is 12.1 Å². The third-order valence-corrected chi connectivity index (χ3v) is 4.23. The summed E-state index contributed by atoms with van der Waals surface area (Å²) in [4.78, 5) is 4.59. The molecule has 0 spiro atoms. The van der Waals surface area contributed by atoms with Crippen LogP contribution in [0.3, 0.4) is 0 Å². The Balaban J connectivity index is 1.87. The first-order chi connectivity index (χ1) is 8.90. The summed E-state index contributed by atoms with van der Waals surface area (Å²) in [7, 11) is 0. The number of hydrazine groups is 1. The van der Waals surface area contributed by atoms with E-state index in [4.69, 9.17) is 10.6 Å². The van der Waals surface area contributed by atoms with Crippen molar-refractivity contribution < 1.29 is 4.74 Å². The molecule has 2 aliphatic rings. The molecule has 98 valence electrons. The highest BCUT2D eigenvalue weighted by molar-refractivity contribution is 5.27. The molecule has 1 aromatic rings. The lowest BCUT2D eigenvalue weighted by Crippen LogP contribution is -2.48. The minimum atomic E-state index is 0.196. The molecule has 0 saturated carbocycles. The zero-order valence-corrected chi connectivity index (χ0v) is 10.6. The molecule has 0 bridgehead atoms. The van der Waals surface area contributed by atoms with Crippen molar-refractivity contribution in [2.24, 2.45) is 5.84 Å². The zero-order valence-electron chi connectivity index (χ0n) is 10.6. The van der Waals surface area contributed by atoms with E-state index in [0.717, 1.165) is 32.3 Å². The van der Waals surface area contributed by atoms with Crippen molar-refractivity contribution in [2.75, 3.05) is 6.61 Å². The smallest absolute Gasteiger partial charge is 0.0748 e. The van der Waals surface area contributed by atoms with Gasteiger partial charge in [-0.3, -0.25) is 16.3 Å². The van der Waals surface area contributed by atoms with Gasteiger partial charge in [-0.25, -0.2) is 0 Å². The Labute approximate surface area is 108 Å². The summed E-state index contributed by atoms with van der Waals surface area (Å²) in [6.45, 7) is 0.866. The van der Waals surface area contributed by atoms with Gasteiger partial charge >= 0.3 is 0 Å². The summed E-state index contributed by atoms with van der Waals surface area (Å²) in [6, 6.07) is 4.41. The lowest BCUT2D eigenvalue weighted by atomic mass is 9.80. The highest BCUT2D eigenvalue weighted by Gasteiger charge is 2.35. The highest BCUT2D eigenvalue weighted by atomic mass is 16.5. The van der Waals surface area contributed by atoms with Crippen molar-refractivity contribution in [1.82, 2.24) is 10.4 Å². The Bertz CT molecular complexity index is 404. The molecular formula is C14H21N3O. The van der Waals surface area contributed by atoms with Gasteiger partial charge in [-0.1, -0.05) is 6.07 Å². The van der Waals surface area contributed by atoms with Crippen LogP contribution in [0.1, 0.15) is 42.9 Å². The Hall–Kier alpha value is -0.970. The molecular weight excluding hydrogens is 226 g/mol. The number of hydrogen-bond acceptors (Lipinski definition) is 4. The second-order valence-corrected chi connectivity index (χ2v) is 5.29. The molecule has 1 saturated heterocycles. The number of nitrogens with one attached hydrogen (secondary N) is 1. The maximum atomic E-state index is 5.80. The number of hydrogen-bond donors (Lipinski definition) is 2. The molecule has 1 aliphatic carbocycles. The van der Waals surface area contributed by atoms with Gasteiger partial charge in [0.2, 0.25) is 0 Å². The van der Waals surface area contributed by atoms with Gasteiger partial charge in [-0.05, 0) is 43.7 Å². The molecule has 1 aromatic heterocycles. The van der Waals surface area contributed by atoms with Crippen molar-refractivity contribution in [2.45, 2.75) is 50.2 Å². The van der Waals surface area contributed by atoms with E-state index in [1.165, 1.54) is 17.7 Å². The monoisotopic (exact) mass is 247 g/mol. The zero-order chi connectivity index (χ0) is 12.4. The first-order valence-electron chi connectivity index (χ1n) is 6.91. The third-order valence-electron chi connectivity index (χ3n) is 4.23. The van der Waals surface area contributed by atoms with Crippen LogP contribution in [0, 0.1) is 0 Å². The Morgan fingerprint density at radius 2 is 2.33 bits per heavy atom. The van der Waals surface area contributed by atoms with E-state index >= 15 is 0 Å². The van der Waals surface area contributed by atoms with Gasteiger partial charge in [0.25, 0.3) is 0 Å². The Kier molecular flexibility index (Phi) is 3.59. The van der Waals surface area contributed by atoms with Crippen LogP contribution >= 0.6 is 0 Å². The van der Waals surface area contributed by atoms with Crippen LogP contribution in [-0.2, 0) is 11.2 Å². The predicted molar refractivity (Wildman–Crippen MR) is 70.0 cm³/mol. The minimum absolute atomic E-state index is 0.196. The standard InChI is InChI=1S/C14H21N3O/c15-17-14(12-7-3-9-18-12)11-6-1-4-10-5-2-8-16-13(10)11/h2,5,8,11-12,14,17H,1,3-4,6-7,9,15H2. The van der Waals surface area contributed by atoms with Crippen LogP contribution < -0.4 is 11.3 Å². The second-order valence-electron chi connectivity index (χ2n) is 5.29. The first kappa shape index (κ1) is 12.1. The molecule has 3 N–H and O–H groups in total. The summed E-state index contributed by atoms with van der Waals surface area (Å²) in [5.41, 5.74) is 5.60. The van der Waals surface area contributed by atoms with Gasteiger partial charge in [0, 0.05) is 24.4 Å². The molecule has 3 rings (SSSR count). The maximum absolute atomic E-state index is 5.80. The van der Waals surface area contributed by atoms with E-state index in [1.54, 1.807) is 0 Å². The van der Waals surface area contributed by atoms with E-state index in [2.05, 4.69) is 16.5 Å². The average Bonchev–Trinajstić information content (AvgIpc) is 2.94. The summed E-state index contributed by atoms with van der Waals surface area (Å²) in [6.07, 6.45) is 7.89. The maximum Gasteiger partial charge on any atom is 0.0748 e. The highest BCUT2D eigenvalue weighted by Crippen LogP contribution is 2.35. The number of nitrogens with zero attached hydrogens (tertiary/aromatic N) is 1. The number of pyridine rings is 1. The molecule has 2 heterocycles. The lowest BCUT2D eigenvalue weighted by Gasteiger charge is -2.33. The number of nitrogens with two attached hydrogens (primary N) is 1. The fraction of sp³-hybridized carbons (Fsp3) is 0.643. The fourth-order valence-electron chi connectivity index (χ4n) is 3.36. The van der Waals surface area contributed by atoms with Gasteiger partial charge in [0.1, 0.15) is 0 Å². The number of aromatic nitrogens is 1. The van der Waals surface area contributed by atoms with Crippen LogP contribution in [0.5, 0.6) is 0 Å². The van der Waals surface area contributed by atoms with Crippen molar-refractivity contribution in [3.05, 3.63) is 29.6 Å². The summed E-state index contributed by atoms with van der Waals surface area (Å²) >= 11 is 0. The summed E-state index contributed by atoms with van der Waals surface area (Å²) in [5, 5.41) is 0. The van der Waals surface area contributed by atoms with E-state index < -0.39 is 0 Å². The molecule has 3 unspecified atom stereocenters. The molecule has 4 nitrogen and oxygen atoms in total. The van der Waals surface area contributed by atoms with Crippen molar-refractivity contribution in [1.29, 1.82) is 0 Å². The minimum Gasteiger partial charge on any atom is -0.377 e. The molecule has 1 fully saturated rings. The molecule has 0 radical (unpaired) electrons. The Morgan fingerprint density at radius 3 is 3.11 bits per heavy atom. The summed E-state index contributed by atoms with van der Waals surface area (Å²) in [5.74, 6) is 6.17. The molecule has 4 heteroatoms. The van der Waals surface area contributed by atoms with E-state index in [-0.39, 0.29) is 12.1 Å². The van der Waals surface area contributed by atoms with Crippen LogP contribution in [0.4, 0.5) is 0 Å². The van der Waals surface area contributed by atoms with E-state index in [9.17, 15) is 0 Å². The number of ether oxygens (including phenoxy) is 1. The van der Waals surface area contributed by atoms with E-state index in [1.807, 2.05) is 12.3 Å². The lowest BCUT2D eigenvalue weighted by molar-refractivity contribution is 0.0663. The second kappa shape index (κ2) is 5.34. The van der Waals surface area contributed by atoms with Gasteiger partial charge in [0.15, 0.2) is 0 Å². The average molecular weight is 247 g/mol. The van der Waals surface area contributed by atoms with Crippen molar-refractivity contribution in [3.8, 4) is 0 Å². The number of fused-ring (bicyclic) bond motifs is 1. The van der Waals surface area contributed by atoms with Crippen LogP contribution in [0.15, 0.2) is 18.3 Å². The normalized spacial score (nSPS) is 28.9. The van der Waals surface area contributed by atoms with Gasteiger partial charge in [-0.2, -0.15) is 0 Å². The van der Waals surface area contributed by atoms with Crippen LogP contribution in [-0.4, -0.2) is 23.7 Å². The molecule has 3 atom stereocenters. The molecule has 1 aliphatic heterocycles. The quantitative estimate of drug-likeness (QED) is 0.628. The fourth-order valence-corrected chi connectivity index (χ4v) is 3.36. The molecule has 0 amide bonds. The first-order valence-corrected chi connectivity index (χ1v) is 6.91. The molecule has 18 heavy (non-hydrogen) atoms. The Morgan fingerprint density at radius 1 is 1.39 bits per heavy atom. The number of aryl methyl sites for hydroxylation is 1. The van der Waals surface area contributed by atoms with Gasteiger partial charge < -0.3 is 4.74 Å². The molecule has 0 aromatic carbocycles. The van der Waals surface area contributed by atoms with Crippen molar-refractivity contribution in [3.63, 3.8) is 0 Å². The SMILES string of the molecule is NNC(C1CCCO1)C1CCCc2cccnc21. The third kappa shape index (κ3) is 2.16. The summed E-state index contributed by atoms with van der Waals surface area (Å²) < 4.78 is 5.80. The number of rotatable bonds is 3.